The van der Waals surface area contributed by atoms with E-state index in [4.69, 9.17) is 0 Å². The normalized spacial score (nSPS) is 16.2. The zero-order valence-corrected chi connectivity index (χ0v) is 15.8. The molecule has 0 radical (unpaired) electrons. The maximum absolute atomic E-state index is 12.4. The molecular weight excluding hydrogens is 352 g/mol. The Hall–Kier alpha value is -3.48. The molecule has 7 heteroatoms. The molecule has 7 nitrogen and oxygen atoms in total. The summed E-state index contributed by atoms with van der Waals surface area (Å²) >= 11 is 0. The van der Waals surface area contributed by atoms with Gasteiger partial charge in [-0.2, -0.15) is 10.2 Å². The van der Waals surface area contributed by atoms with Crippen molar-refractivity contribution in [3.8, 4) is 0 Å². The van der Waals surface area contributed by atoms with Gasteiger partial charge in [0.15, 0.2) is 11.5 Å². The monoisotopic (exact) mass is 372 g/mol. The highest BCUT2D eigenvalue weighted by molar-refractivity contribution is 5.94. The Morgan fingerprint density at radius 1 is 1.18 bits per heavy atom. The topological polar surface area (TPSA) is 77.1 Å². The average molecular weight is 372 g/mol. The molecule has 1 aliphatic rings. The molecular formula is C21H20N6O. The number of carbonyl (C=O) groups is 1. The van der Waals surface area contributed by atoms with Gasteiger partial charge in [-0.25, -0.2) is 9.50 Å². The lowest BCUT2D eigenvalue weighted by Crippen LogP contribution is -2.23. The van der Waals surface area contributed by atoms with Crippen LogP contribution in [-0.4, -0.2) is 30.3 Å². The third-order valence-electron chi connectivity index (χ3n) is 5.18. The molecule has 4 aromatic rings. The average Bonchev–Trinajstić information content (AvgIpc) is 3.25. The van der Waals surface area contributed by atoms with Crippen LogP contribution in [0.4, 0.5) is 5.82 Å². The van der Waals surface area contributed by atoms with Crippen LogP contribution in [0.1, 0.15) is 40.4 Å². The number of aryl methyl sites for hydroxylation is 2. The zero-order valence-electron chi connectivity index (χ0n) is 15.8. The molecule has 0 spiro atoms. The molecule has 140 valence electrons. The summed E-state index contributed by atoms with van der Waals surface area (Å²) in [6, 6.07) is 12.2. The highest BCUT2D eigenvalue weighted by Gasteiger charge is 2.32. The first-order valence-electron chi connectivity index (χ1n) is 9.31. The van der Waals surface area contributed by atoms with Crippen LogP contribution in [0.3, 0.4) is 0 Å². The van der Waals surface area contributed by atoms with E-state index in [1.807, 2.05) is 59.7 Å². The van der Waals surface area contributed by atoms with E-state index in [1.165, 1.54) is 0 Å². The SMILES string of the molecule is Cc1cc(C)n2ncc(C3CC(=O)Nc4nn(Cc5ccccc5)cc43)c2n1. The number of anilines is 1. The van der Waals surface area contributed by atoms with Gasteiger partial charge >= 0.3 is 0 Å². The summed E-state index contributed by atoms with van der Waals surface area (Å²) in [6.45, 7) is 4.64. The summed E-state index contributed by atoms with van der Waals surface area (Å²) in [4.78, 5) is 17.0. The molecule has 1 N–H and O–H groups in total. The minimum absolute atomic E-state index is 0.0359. The fourth-order valence-electron chi connectivity index (χ4n) is 3.93. The third-order valence-corrected chi connectivity index (χ3v) is 5.18. The number of fused-ring (bicyclic) bond motifs is 2. The summed E-state index contributed by atoms with van der Waals surface area (Å²) in [6.07, 6.45) is 4.22. The van der Waals surface area contributed by atoms with Crippen molar-refractivity contribution in [1.82, 2.24) is 24.4 Å². The van der Waals surface area contributed by atoms with Gasteiger partial charge in [0.25, 0.3) is 0 Å². The fraction of sp³-hybridized carbons (Fsp3) is 0.238. The zero-order chi connectivity index (χ0) is 19.3. The van der Waals surface area contributed by atoms with Crippen LogP contribution in [0.15, 0.2) is 48.8 Å². The standard InChI is InChI=1S/C21H20N6O/c1-13-8-14(2)27-21(23-13)17(10-22-27)16-9-19(28)24-20-18(16)12-26(25-20)11-15-6-4-3-5-7-15/h3-8,10,12,16H,9,11H2,1-2H3,(H,24,25,28). The Balaban J connectivity index is 1.59. The predicted molar refractivity (Wildman–Crippen MR) is 105 cm³/mol. The quantitative estimate of drug-likeness (QED) is 0.600. The number of nitrogens with one attached hydrogen (secondary N) is 1. The van der Waals surface area contributed by atoms with E-state index in [9.17, 15) is 4.79 Å². The van der Waals surface area contributed by atoms with Gasteiger partial charge in [0, 0.05) is 41.1 Å². The molecule has 1 amide bonds. The molecule has 1 atom stereocenters. The second kappa shape index (κ2) is 6.30. The number of hydrogen-bond donors (Lipinski definition) is 1. The van der Waals surface area contributed by atoms with Crippen LogP contribution >= 0.6 is 0 Å². The van der Waals surface area contributed by atoms with Crippen molar-refractivity contribution in [3.05, 3.63) is 76.9 Å². The largest absolute Gasteiger partial charge is 0.309 e. The Morgan fingerprint density at radius 2 is 2.00 bits per heavy atom. The van der Waals surface area contributed by atoms with Crippen LogP contribution < -0.4 is 5.32 Å². The summed E-state index contributed by atoms with van der Waals surface area (Å²) in [5, 5.41) is 12.0. The number of hydrogen-bond acceptors (Lipinski definition) is 4. The summed E-state index contributed by atoms with van der Waals surface area (Å²) in [5.41, 5.74) is 5.89. The molecule has 3 aromatic heterocycles. The lowest BCUT2D eigenvalue weighted by Gasteiger charge is -2.20. The molecule has 0 fully saturated rings. The van der Waals surface area contributed by atoms with Crippen LogP contribution in [0.25, 0.3) is 5.65 Å². The minimum Gasteiger partial charge on any atom is -0.309 e. The van der Waals surface area contributed by atoms with Crippen molar-refractivity contribution in [3.63, 3.8) is 0 Å². The number of carbonyl (C=O) groups excluding carboxylic acids is 1. The first-order chi connectivity index (χ1) is 13.6. The van der Waals surface area contributed by atoms with E-state index in [-0.39, 0.29) is 11.8 Å². The predicted octanol–water partition coefficient (Wildman–Crippen LogP) is 3.07. The minimum atomic E-state index is -0.112. The Bertz CT molecular complexity index is 1190. The van der Waals surface area contributed by atoms with Crippen molar-refractivity contribution in [2.75, 3.05) is 5.32 Å². The number of rotatable bonds is 3. The van der Waals surface area contributed by atoms with Gasteiger partial charge in [-0.3, -0.25) is 9.48 Å². The highest BCUT2D eigenvalue weighted by Crippen LogP contribution is 2.38. The molecule has 0 saturated carbocycles. The van der Waals surface area contributed by atoms with E-state index >= 15 is 0 Å². The molecule has 0 aliphatic carbocycles. The van der Waals surface area contributed by atoms with Gasteiger partial charge in [-0.15, -0.1) is 0 Å². The fourth-order valence-corrected chi connectivity index (χ4v) is 3.93. The van der Waals surface area contributed by atoms with E-state index in [0.29, 0.717) is 18.8 Å². The molecule has 1 aliphatic heterocycles. The van der Waals surface area contributed by atoms with Crippen molar-refractivity contribution in [2.24, 2.45) is 0 Å². The summed E-state index contributed by atoms with van der Waals surface area (Å²) < 4.78 is 3.72. The molecule has 28 heavy (non-hydrogen) atoms. The van der Waals surface area contributed by atoms with Gasteiger partial charge in [0.2, 0.25) is 5.91 Å². The van der Waals surface area contributed by atoms with Crippen LogP contribution in [0, 0.1) is 13.8 Å². The second-order valence-electron chi connectivity index (χ2n) is 7.30. The van der Waals surface area contributed by atoms with Crippen LogP contribution in [-0.2, 0) is 11.3 Å². The molecule has 0 saturated heterocycles. The molecule has 1 unspecified atom stereocenters. The van der Waals surface area contributed by atoms with Crippen molar-refractivity contribution in [1.29, 1.82) is 0 Å². The summed E-state index contributed by atoms with van der Waals surface area (Å²) in [5.74, 6) is 0.478. The summed E-state index contributed by atoms with van der Waals surface area (Å²) in [7, 11) is 0. The van der Waals surface area contributed by atoms with Gasteiger partial charge in [0.05, 0.1) is 12.7 Å². The smallest absolute Gasteiger partial charge is 0.226 e. The maximum Gasteiger partial charge on any atom is 0.226 e. The van der Waals surface area contributed by atoms with Gasteiger partial charge < -0.3 is 5.32 Å². The van der Waals surface area contributed by atoms with E-state index < -0.39 is 0 Å². The third kappa shape index (κ3) is 2.76. The number of nitrogens with zero attached hydrogens (tertiary/aromatic N) is 5. The second-order valence-corrected chi connectivity index (χ2v) is 7.30. The number of benzene rings is 1. The van der Waals surface area contributed by atoms with Crippen molar-refractivity contribution in [2.45, 2.75) is 32.7 Å². The van der Waals surface area contributed by atoms with Crippen molar-refractivity contribution < 1.29 is 4.79 Å². The number of amides is 1. The number of aromatic nitrogens is 5. The van der Waals surface area contributed by atoms with E-state index in [1.54, 1.807) is 0 Å². The van der Waals surface area contributed by atoms with Gasteiger partial charge in [-0.1, -0.05) is 30.3 Å². The Kier molecular flexibility index (Phi) is 3.75. The van der Waals surface area contributed by atoms with Crippen LogP contribution in [0.2, 0.25) is 0 Å². The van der Waals surface area contributed by atoms with E-state index in [2.05, 4.69) is 32.6 Å². The first-order valence-corrected chi connectivity index (χ1v) is 9.31. The van der Waals surface area contributed by atoms with Crippen LogP contribution in [0.5, 0.6) is 0 Å². The first kappa shape index (κ1) is 16.7. The highest BCUT2D eigenvalue weighted by atomic mass is 16.1. The molecule has 5 rings (SSSR count). The molecule has 1 aromatic carbocycles. The van der Waals surface area contributed by atoms with E-state index in [0.717, 1.165) is 33.7 Å². The lowest BCUT2D eigenvalue weighted by atomic mass is 9.89. The Morgan fingerprint density at radius 3 is 2.82 bits per heavy atom. The molecule has 0 bridgehead atoms. The van der Waals surface area contributed by atoms with Gasteiger partial charge in [-0.05, 0) is 25.5 Å². The molecule has 4 heterocycles. The Labute approximate surface area is 162 Å². The van der Waals surface area contributed by atoms with Gasteiger partial charge in [0.1, 0.15) is 0 Å². The van der Waals surface area contributed by atoms with Crippen molar-refractivity contribution >= 4 is 17.4 Å². The maximum atomic E-state index is 12.4. The lowest BCUT2D eigenvalue weighted by molar-refractivity contribution is -0.116.